The van der Waals surface area contributed by atoms with Crippen molar-refractivity contribution in [1.82, 2.24) is 0 Å². The molecule has 0 saturated heterocycles. The first-order valence-corrected chi connectivity index (χ1v) is 13.1. The van der Waals surface area contributed by atoms with Gasteiger partial charge in [-0.05, 0) is 123 Å². The zero-order valence-corrected chi connectivity index (χ0v) is 23.4. The van der Waals surface area contributed by atoms with Crippen molar-refractivity contribution in [3.8, 4) is 11.5 Å². The molecule has 1 heterocycles. The Hall–Kier alpha value is -2.33. The second kappa shape index (κ2) is 13.1. The molecule has 35 heavy (non-hydrogen) atoms. The molecule has 194 valence electrons. The van der Waals surface area contributed by atoms with Crippen molar-refractivity contribution in [3.05, 3.63) is 57.2 Å². The highest BCUT2D eigenvalue weighted by atomic mass is 16.5. The van der Waals surface area contributed by atoms with Gasteiger partial charge in [-0.15, -0.1) is 0 Å². The van der Waals surface area contributed by atoms with Crippen molar-refractivity contribution in [3.63, 3.8) is 0 Å². The van der Waals surface area contributed by atoms with Crippen molar-refractivity contribution in [2.24, 2.45) is 5.73 Å². The fourth-order valence-electron chi connectivity index (χ4n) is 4.73. The van der Waals surface area contributed by atoms with Crippen LogP contribution < -0.4 is 15.2 Å². The molecule has 1 unspecified atom stereocenters. The van der Waals surface area contributed by atoms with Crippen LogP contribution in [0.3, 0.4) is 0 Å². The van der Waals surface area contributed by atoms with E-state index in [1.165, 1.54) is 16.7 Å². The summed E-state index contributed by atoms with van der Waals surface area (Å²) in [4.78, 5) is 11.8. The molecule has 0 spiro atoms. The molecule has 0 aromatic heterocycles. The third-order valence-corrected chi connectivity index (χ3v) is 7.23. The van der Waals surface area contributed by atoms with E-state index >= 15 is 0 Å². The minimum Gasteiger partial charge on any atom is -0.487 e. The molecule has 4 nitrogen and oxygen atoms in total. The smallest absolute Gasteiger partial charge is 0.325 e. The molecular formula is C31H47NO3. The Balaban J connectivity index is 1.96. The number of ether oxygens (including phenoxy) is 2. The topological polar surface area (TPSA) is 61.5 Å². The van der Waals surface area contributed by atoms with Gasteiger partial charge >= 0.3 is 5.97 Å². The maximum atomic E-state index is 11.8. The first kappa shape index (κ1) is 28.9. The summed E-state index contributed by atoms with van der Waals surface area (Å²) in [6, 6.07) is 0. The first-order chi connectivity index (χ1) is 16.5. The lowest BCUT2D eigenvalue weighted by atomic mass is 9.85. The molecule has 0 saturated carbocycles. The SMILES string of the molecule is CC(C)=CCC/C(C)=C/CC/C(C)=C/CCC1(C)CCc2c(C)c(OC(=O)CN)c(C)c(C)c2O1. The summed E-state index contributed by atoms with van der Waals surface area (Å²) >= 11 is 0. The third-order valence-electron chi connectivity index (χ3n) is 7.23. The zero-order valence-electron chi connectivity index (χ0n) is 23.4. The maximum Gasteiger partial charge on any atom is 0.325 e. The lowest BCUT2D eigenvalue weighted by Crippen LogP contribution is -2.37. The van der Waals surface area contributed by atoms with Gasteiger partial charge in [-0.3, -0.25) is 4.79 Å². The molecular weight excluding hydrogens is 434 g/mol. The Morgan fingerprint density at radius 3 is 2.14 bits per heavy atom. The number of hydrogen-bond acceptors (Lipinski definition) is 4. The van der Waals surface area contributed by atoms with Crippen LogP contribution in [0.15, 0.2) is 34.9 Å². The Labute approximate surface area is 213 Å². The van der Waals surface area contributed by atoms with E-state index in [9.17, 15) is 4.79 Å². The van der Waals surface area contributed by atoms with Crippen molar-refractivity contribution in [2.45, 2.75) is 112 Å². The van der Waals surface area contributed by atoms with E-state index in [2.05, 4.69) is 59.8 Å². The molecule has 1 aromatic rings. The van der Waals surface area contributed by atoms with Crippen LogP contribution in [0.4, 0.5) is 0 Å². The zero-order chi connectivity index (χ0) is 26.2. The Morgan fingerprint density at radius 2 is 1.54 bits per heavy atom. The van der Waals surface area contributed by atoms with Gasteiger partial charge in [0.05, 0.1) is 6.54 Å². The summed E-state index contributed by atoms with van der Waals surface area (Å²) in [7, 11) is 0. The van der Waals surface area contributed by atoms with Crippen molar-refractivity contribution in [2.75, 3.05) is 6.54 Å². The number of carbonyl (C=O) groups excluding carboxylic acids is 1. The minimum absolute atomic E-state index is 0.122. The number of nitrogens with two attached hydrogens (primary N) is 1. The monoisotopic (exact) mass is 481 g/mol. The average Bonchev–Trinajstić information content (AvgIpc) is 2.79. The third kappa shape index (κ3) is 8.38. The second-order valence-corrected chi connectivity index (χ2v) is 10.7. The number of rotatable bonds is 11. The minimum atomic E-state index is -0.409. The molecule has 1 atom stereocenters. The molecule has 2 N–H and O–H groups in total. The van der Waals surface area contributed by atoms with Gasteiger partial charge in [-0.1, -0.05) is 34.9 Å². The molecule has 0 radical (unpaired) electrons. The maximum absolute atomic E-state index is 11.8. The van der Waals surface area contributed by atoms with E-state index in [1.807, 2.05) is 13.8 Å². The van der Waals surface area contributed by atoms with E-state index in [-0.39, 0.29) is 12.1 Å². The molecule has 2 rings (SSSR count). The summed E-state index contributed by atoms with van der Waals surface area (Å²) in [5.41, 5.74) is 13.8. The van der Waals surface area contributed by atoms with Crippen molar-refractivity contribution < 1.29 is 14.3 Å². The number of carbonyl (C=O) groups is 1. The van der Waals surface area contributed by atoms with Crippen LogP contribution in [0, 0.1) is 20.8 Å². The second-order valence-electron chi connectivity index (χ2n) is 10.7. The van der Waals surface area contributed by atoms with E-state index in [0.717, 1.165) is 79.4 Å². The van der Waals surface area contributed by atoms with Gasteiger partial charge < -0.3 is 15.2 Å². The van der Waals surface area contributed by atoms with Gasteiger partial charge in [-0.2, -0.15) is 0 Å². The van der Waals surface area contributed by atoms with E-state index in [4.69, 9.17) is 15.2 Å². The normalized spacial score (nSPS) is 18.1. The standard InChI is InChI=1S/C31H47NO3/c1-21(2)12-9-13-22(3)14-10-15-23(4)16-11-18-31(8)19-17-27-26(7)29(34-28(33)20-32)24(5)25(6)30(27)35-31/h12,14,16H,9-11,13,15,17-20,32H2,1-8H3/b22-14+,23-16+. The Kier molecular flexibility index (Phi) is 10.8. The Morgan fingerprint density at radius 1 is 0.943 bits per heavy atom. The van der Waals surface area contributed by atoms with E-state index < -0.39 is 5.97 Å². The quantitative estimate of drug-likeness (QED) is 0.199. The summed E-state index contributed by atoms with van der Waals surface area (Å²) in [6.07, 6.45) is 15.5. The summed E-state index contributed by atoms with van der Waals surface area (Å²) in [5, 5.41) is 0. The predicted octanol–water partition coefficient (Wildman–Crippen LogP) is 7.76. The summed E-state index contributed by atoms with van der Waals surface area (Å²) in [5.74, 6) is 1.20. The van der Waals surface area contributed by atoms with Crippen LogP contribution in [0.25, 0.3) is 0 Å². The number of allylic oxidation sites excluding steroid dienone is 6. The van der Waals surface area contributed by atoms with Crippen LogP contribution in [0.2, 0.25) is 0 Å². The molecule has 1 aliphatic heterocycles. The van der Waals surface area contributed by atoms with E-state index in [0.29, 0.717) is 5.75 Å². The van der Waals surface area contributed by atoms with Gasteiger partial charge in [0.25, 0.3) is 0 Å². The van der Waals surface area contributed by atoms with Crippen LogP contribution in [-0.4, -0.2) is 18.1 Å². The average molecular weight is 482 g/mol. The summed E-state index contributed by atoms with van der Waals surface area (Å²) < 4.78 is 12.2. The van der Waals surface area contributed by atoms with Crippen LogP contribution in [0.1, 0.15) is 102 Å². The van der Waals surface area contributed by atoms with Gasteiger partial charge in [-0.25, -0.2) is 0 Å². The van der Waals surface area contributed by atoms with Gasteiger partial charge in [0.1, 0.15) is 17.1 Å². The van der Waals surface area contributed by atoms with Crippen LogP contribution in [0.5, 0.6) is 11.5 Å². The fourth-order valence-corrected chi connectivity index (χ4v) is 4.73. The van der Waals surface area contributed by atoms with Gasteiger partial charge in [0.15, 0.2) is 0 Å². The highest BCUT2D eigenvalue weighted by molar-refractivity contribution is 5.76. The van der Waals surface area contributed by atoms with Crippen LogP contribution >= 0.6 is 0 Å². The predicted molar refractivity (Wildman–Crippen MR) is 147 cm³/mol. The number of esters is 1. The number of fused-ring (bicyclic) bond motifs is 1. The molecule has 0 bridgehead atoms. The first-order valence-electron chi connectivity index (χ1n) is 13.1. The van der Waals surface area contributed by atoms with Gasteiger partial charge in [0.2, 0.25) is 0 Å². The van der Waals surface area contributed by atoms with Crippen LogP contribution in [-0.2, 0) is 11.2 Å². The molecule has 1 aromatic carbocycles. The highest BCUT2D eigenvalue weighted by Gasteiger charge is 2.34. The molecule has 0 fully saturated rings. The molecule has 0 amide bonds. The number of hydrogen-bond donors (Lipinski definition) is 1. The molecule has 4 heteroatoms. The van der Waals surface area contributed by atoms with Crippen molar-refractivity contribution >= 4 is 5.97 Å². The lowest BCUT2D eigenvalue weighted by Gasteiger charge is -2.38. The van der Waals surface area contributed by atoms with Gasteiger partial charge in [0, 0.05) is 5.56 Å². The fraction of sp³-hybridized carbons (Fsp3) is 0.581. The number of benzene rings is 1. The lowest BCUT2D eigenvalue weighted by molar-refractivity contribution is -0.132. The molecule has 1 aliphatic rings. The van der Waals surface area contributed by atoms with Crippen molar-refractivity contribution in [1.29, 1.82) is 0 Å². The summed E-state index contributed by atoms with van der Waals surface area (Å²) in [6.45, 7) is 17.0. The largest absolute Gasteiger partial charge is 0.487 e. The molecule has 0 aliphatic carbocycles. The Bertz CT molecular complexity index is 995. The van der Waals surface area contributed by atoms with E-state index in [1.54, 1.807) is 0 Å². The highest BCUT2D eigenvalue weighted by Crippen LogP contribution is 2.44.